The molecular formula is C25H34FN3O2S. The molecule has 0 aromatic heterocycles. The first-order valence-electron chi connectivity index (χ1n) is 11.3. The third kappa shape index (κ3) is 6.72. The largest absolute Gasteiger partial charge is 0.327 e. The van der Waals surface area contributed by atoms with Crippen molar-refractivity contribution in [2.45, 2.75) is 61.4 Å². The molecule has 1 aliphatic rings. The Kier molecular flexibility index (Phi) is 8.99. The summed E-state index contributed by atoms with van der Waals surface area (Å²) in [7, 11) is -3.45. The van der Waals surface area contributed by atoms with Crippen LogP contribution in [-0.4, -0.2) is 33.6 Å². The minimum absolute atomic E-state index is 0.000253. The number of sulfonamides is 1. The predicted octanol–water partition coefficient (Wildman–Crippen LogP) is 3.87. The van der Waals surface area contributed by atoms with E-state index in [1.165, 1.54) is 11.6 Å². The summed E-state index contributed by atoms with van der Waals surface area (Å²) in [6.07, 6.45) is 6.98. The van der Waals surface area contributed by atoms with E-state index in [4.69, 9.17) is 5.73 Å². The molecule has 3 rings (SSSR count). The molecule has 0 amide bonds. The third-order valence-corrected chi connectivity index (χ3v) is 7.60. The minimum atomic E-state index is -3.45. The van der Waals surface area contributed by atoms with Crippen LogP contribution in [0.3, 0.4) is 0 Å². The van der Waals surface area contributed by atoms with Gasteiger partial charge in [0.25, 0.3) is 0 Å². The van der Waals surface area contributed by atoms with Gasteiger partial charge in [0.1, 0.15) is 5.82 Å². The molecular weight excluding hydrogens is 425 g/mol. The van der Waals surface area contributed by atoms with Gasteiger partial charge in [0.05, 0.1) is 4.90 Å². The predicted molar refractivity (Wildman–Crippen MR) is 128 cm³/mol. The molecule has 2 aromatic rings. The molecule has 32 heavy (non-hydrogen) atoms. The van der Waals surface area contributed by atoms with Crippen molar-refractivity contribution in [3.63, 3.8) is 0 Å². The molecule has 2 aromatic carbocycles. The van der Waals surface area contributed by atoms with Crippen molar-refractivity contribution in [1.29, 1.82) is 0 Å². The zero-order valence-corrected chi connectivity index (χ0v) is 19.3. The second kappa shape index (κ2) is 11.7. The number of hydrogen-bond donors (Lipinski definition) is 3. The van der Waals surface area contributed by atoms with Gasteiger partial charge in [0.2, 0.25) is 10.0 Å². The van der Waals surface area contributed by atoms with Gasteiger partial charge >= 0.3 is 0 Å². The van der Waals surface area contributed by atoms with Gasteiger partial charge in [-0.15, -0.1) is 6.58 Å². The fourth-order valence-corrected chi connectivity index (χ4v) is 5.52. The van der Waals surface area contributed by atoms with Crippen molar-refractivity contribution in [2.24, 2.45) is 5.73 Å². The van der Waals surface area contributed by atoms with E-state index in [2.05, 4.69) is 16.6 Å². The molecule has 174 valence electrons. The van der Waals surface area contributed by atoms with Crippen LogP contribution in [0.25, 0.3) is 0 Å². The molecule has 7 heteroatoms. The van der Waals surface area contributed by atoms with Crippen LogP contribution >= 0.6 is 0 Å². The zero-order chi connectivity index (χ0) is 23.0. The lowest BCUT2D eigenvalue weighted by molar-refractivity contribution is 0.369. The normalized spacial score (nSPS) is 19.3. The van der Waals surface area contributed by atoms with E-state index >= 15 is 0 Å². The van der Waals surface area contributed by atoms with Gasteiger partial charge in [-0.3, -0.25) is 0 Å². The molecule has 0 aliphatic heterocycles. The highest BCUT2D eigenvalue weighted by molar-refractivity contribution is 7.89. The van der Waals surface area contributed by atoms with E-state index in [-0.39, 0.29) is 28.7 Å². The van der Waals surface area contributed by atoms with Crippen molar-refractivity contribution in [2.75, 3.05) is 13.1 Å². The van der Waals surface area contributed by atoms with Crippen LogP contribution in [0.1, 0.15) is 49.1 Å². The Labute approximate surface area is 191 Å². The quantitative estimate of drug-likeness (QED) is 0.332. The van der Waals surface area contributed by atoms with Crippen molar-refractivity contribution < 1.29 is 12.8 Å². The number of unbranched alkanes of at least 4 members (excludes halogenated alkanes) is 1. The number of rotatable bonds is 12. The lowest BCUT2D eigenvalue weighted by Crippen LogP contribution is -2.44. The highest BCUT2D eigenvalue weighted by atomic mass is 32.2. The molecule has 0 radical (unpaired) electrons. The summed E-state index contributed by atoms with van der Waals surface area (Å²) in [4.78, 5) is 0.284. The highest BCUT2D eigenvalue weighted by Gasteiger charge is 2.28. The summed E-state index contributed by atoms with van der Waals surface area (Å²) in [6.45, 7) is 4.99. The fraction of sp³-hybridized carbons (Fsp3) is 0.440. The van der Waals surface area contributed by atoms with Crippen LogP contribution in [0, 0.1) is 5.82 Å². The van der Waals surface area contributed by atoms with E-state index in [1.807, 2.05) is 12.1 Å². The van der Waals surface area contributed by atoms with Gasteiger partial charge in [-0.1, -0.05) is 36.8 Å². The maximum absolute atomic E-state index is 13.6. The first-order valence-corrected chi connectivity index (χ1v) is 12.8. The highest BCUT2D eigenvalue weighted by Crippen LogP contribution is 2.35. The Morgan fingerprint density at radius 1 is 1.19 bits per heavy atom. The van der Waals surface area contributed by atoms with Crippen LogP contribution < -0.4 is 15.8 Å². The van der Waals surface area contributed by atoms with Crippen LogP contribution in [0.2, 0.25) is 0 Å². The Morgan fingerprint density at radius 2 is 1.97 bits per heavy atom. The SMILES string of the molecule is C=CC[C@@H]1c2ccc(F)cc2CC[C@H]1NC[C@@H](N)CCCCNS(=O)(=O)c1ccccc1. The van der Waals surface area contributed by atoms with Gasteiger partial charge in [0.15, 0.2) is 0 Å². The number of nitrogens with two attached hydrogens (primary N) is 1. The summed E-state index contributed by atoms with van der Waals surface area (Å²) >= 11 is 0. The van der Waals surface area contributed by atoms with E-state index < -0.39 is 10.0 Å². The Hall–Kier alpha value is -2.06. The maximum Gasteiger partial charge on any atom is 0.240 e. The number of halogens is 1. The molecule has 1 aliphatic carbocycles. The van der Waals surface area contributed by atoms with Gasteiger partial charge in [0, 0.05) is 31.1 Å². The van der Waals surface area contributed by atoms with Crippen LogP contribution in [-0.2, 0) is 16.4 Å². The number of benzene rings is 2. The number of nitrogens with one attached hydrogen (secondary N) is 2. The molecule has 0 fully saturated rings. The summed E-state index contributed by atoms with van der Waals surface area (Å²) in [5.41, 5.74) is 8.61. The van der Waals surface area contributed by atoms with Crippen molar-refractivity contribution in [3.8, 4) is 0 Å². The molecule has 0 saturated carbocycles. The third-order valence-electron chi connectivity index (χ3n) is 6.12. The first kappa shape index (κ1) is 24.6. The van der Waals surface area contributed by atoms with E-state index in [9.17, 15) is 12.8 Å². The van der Waals surface area contributed by atoms with Crippen molar-refractivity contribution in [1.82, 2.24) is 10.0 Å². The number of allylic oxidation sites excluding steroid dienone is 1. The average Bonchev–Trinajstić information content (AvgIpc) is 2.78. The maximum atomic E-state index is 13.6. The molecule has 0 heterocycles. The van der Waals surface area contributed by atoms with E-state index in [1.54, 1.807) is 36.4 Å². The second-order valence-corrected chi connectivity index (χ2v) is 10.3. The van der Waals surface area contributed by atoms with Crippen LogP contribution in [0.4, 0.5) is 4.39 Å². The van der Waals surface area contributed by atoms with Gasteiger partial charge in [-0.05, 0) is 67.5 Å². The van der Waals surface area contributed by atoms with E-state index in [0.29, 0.717) is 13.1 Å². The lowest BCUT2D eigenvalue weighted by atomic mass is 9.77. The molecule has 4 N–H and O–H groups in total. The summed E-state index contributed by atoms with van der Waals surface area (Å²) in [5.74, 6) is 0.0945. The smallest absolute Gasteiger partial charge is 0.240 e. The topological polar surface area (TPSA) is 84.2 Å². The van der Waals surface area contributed by atoms with Crippen LogP contribution in [0.15, 0.2) is 66.1 Å². The van der Waals surface area contributed by atoms with Gasteiger partial charge in [-0.2, -0.15) is 0 Å². The van der Waals surface area contributed by atoms with Crippen molar-refractivity contribution in [3.05, 3.63) is 78.1 Å². The Balaban J connectivity index is 1.40. The van der Waals surface area contributed by atoms with Gasteiger partial charge < -0.3 is 11.1 Å². The number of hydrogen-bond acceptors (Lipinski definition) is 4. The van der Waals surface area contributed by atoms with Crippen molar-refractivity contribution >= 4 is 10.0 Å². The van der Waals surface area contributed by atoms with Crippen LogP contribution in [0.5, 0.6) is 0 Å². The Bertz CT molecular complexity index is 982. The number of aryl methyl sites for hydroxylation is 1. The molecule has 5 nitrogen and oxygen atoms in total. The van der Waals surface area contributed by atoms with Gasteiger partial charge in [-0.25, -0.2) is 17.5 Å². The molecule has 0 unspecified atom stereocenters. The second-order valence-electron chi connectivity index (χ2n) is 8.49. The monoisotopic (exact) mass is 459 g/mol. The fourth-order valence-electron chi connectivity index (χ4n) is 4.42. The first-order chi connectivity index (χ1) is 15.4. The zero-order valence-electron chi connectivity index (χ0n) is 18.5. The summed E-state index contributed by atoms with van der Waals surface area (Å²) < 4.78 is 40.7. The minimum Gasteiger partial charge on any atom is -0.327 e. The molecule has 0 spiro atoms. The average molecular weight is 460 g/mol. The summed E-state index contributed by atoms with van der Waals surface area (Å²) in [6, 6.07) is 13.8. The molecule has 0 bridgehead atoms. The molecule has 3 atom stereocenters. The lowest BCUT2D eigenvalue weighted by Gasteiger charge is -2.34. The number of fused-ring (bicyclic) bond motifs is 1. The Morgan fingerprint density at radius 3 is 2.72 bits per heavy atom. The van der Waals surface area contributed by atoms with E-state index in [0.717, 1.165) is 44.1 Å². The molecule has 0 saturated heterocycles. The standard InChI is InChI=1S/C25H34FN3O2S/c1-2-8-24-23-14-13-20(26)17-19(23)12-15-25(24)28-18-21(27)9-6-7-16-29-32(30,31)22-10-4-3-5-11-22/h2-5,10-11,13-14,17,21,24-25,28-29H,1,6-9,12,15-16,18,27H2/t21-,24+,25+/m0/s1. The summed E-state index contributed by atoms with van der Waals surface area (Å²) in [5, 5.41) is 3.62.